The fraction of sp³-hybridized carbons (Fsp3) is 0.444. The molecule has 29 heavy (non-hydrogen) atoms. The molecular weight excluding hydrogens is 420 g/mol. The number of carbonyl (C=O) groups excluding carboxylic acids is 1. The van der Waals surface area contributed by atoms with Crippen molar-refractivity contribution < 1.29 is 13.6 Å². The molecule has 154 valence electrons. The smallest absolute Gasteiger partial charge is 0.295 e. The Hall–Kier alpha value is -2.40. The Bertz CT molecular complexity index is 1080. The molecule has 1 unspecified atom stereocenters. The molecule has 4 rings (SSSR count). The second-order valence-electron chi connectivity index (χ2n) is 6.62. The van der Waals surface area contributed by atoms with Crippen LogP contribution in [-0.2, 0) is 17.9 Å². The number of hydrogen-bond donors (Lipinski definition) is 1. The van der Waals surface area contributed by atoms with Crippen LogP contribution in [0.3, 0.4) is 0 Å². The van der Waals surface area contributed by atoms with Crippen molar-refractivity contribution in [2.75, 3.05) is 11.4 Å². The molecule has 11 heteroatoms. The molecular formula is C18H19F2N5O2S2. The van der Waals surface area contributed by atoms with Crippen LogP contribution >= 0.6 is 22.7 Å². The van der Waals surface area contributed by atoms with Crippen molar-refractivity contribution in [3.8, 4) is 0 Å². The van der Waals surface area contributed by atoms with Gasteiger partial charge in [0, 0.05) is 18.0 Å². The molecule has 1 N–H and O–H groups in total. The largest absolute Gasteiger partial charge is 0.349 e. The molecule has 0 bridgehead atoms. The van der Waals surface area contributed by atoms with Crippen LogP contribution in [0, 0.1) is 0 Å². The maximum atomic E-state index is 13.3. The van der Waals surface area contributed by atoms with Gasteiger partial charge in [-0.15, -0.1) is 11.3 Å². The molecule has 3 aromatic rings. The molecule has 0 aliphatic carbocycles. The fourth-order valence-electron chi connectivity index (χ4n) is 3.48. The van der Waals surface area contributed by atoms with Crippen LogP contribution in [0.4, 0.5) is 13.9 Å². The molecule has 7 nitrogen and oxygen atoms in total. The Kier molecular flexibility index (Phi) is 5.59. The van der Waals surface area contributed by atoms with Gasteiger partial charge in [0.25, 0.3) is 12.0 Å². The fourth-order valence-corrected chi connectivity index (χ4v) is 5.14. The number of halogens is 2. The lowest BCUT2D eigenvalue weighted by atomic mass is 10.2. The minimum absolute atomic E-state index is 0.0703. The highest BCUT2D eigenvalue weighted by molar-refractivity contribution is 7.21. The monoisotopic (exact) mass is 439 g/mol. The minimum Gasteiger partial charge on any atom is -0.349 e. The van der Waals surface area contributed by atoms with E-state index in [1.807, 2.05) is 22.4 Å². The highest BCUT2D eigenvalue weighted by Crippen LogP contribution is 2.32. The molecule has 4 heterocycles. The molecule has 3 aromatic heterocycles. The lowest BCUT2D eigenvalue weighted by Crippen LogP contribution is -2.43. The van der Waals surface area contributed by atoms with Crippen LogP contribution < -0.4 is 15.8 Å². The van der Waals surface area contributed by atoms with E-state index in [-0.39, 0.29) is 22.8 Å². The molecule has 0 saturated carbocycles. The topological polar surface area (TPSA) is 80.1 Å². The van der Waals surface area contributed by atoms with E-state index >= 15 is 0 Å². The molecule has 0 spiro atoms. The number of anilines is 1. The minimum atomic E-state index is -2.85. The number of carbonyl (C=O) groups is 1. The van der Waals surface area contributed by atoms with Crippen LogP contribution in [-0.4, -0.2) is 33.0 Å². The summed E-state index contributed by atoms with van der Waals surface area (Å²) in [5, 5.41) is 5.36. The third-order valence-corrected chi connectivity index (χ3v) is 6.73. The number of fused-ring (bicyclic) bond motifs is 1. The van der Waals surface area contributed by atoms with Crippen LogP contribution in [0.25, 0.3) is 10.3 Å². The number of thiazole rings is 1. The number of alkyl halides is 2. The standard InChI is InChI=1S/C18H19F2N5O2S2/c1-2-24-14(13(19)20)23-16-12(17(24)27)22-18(29-16)25-7-3-6-11(25)15(26)21-9-10-5-4-8-28-10/h4-5,8,11,13H,2-3,6-7,9H2,1H3,(H,21,26). The zero-order chi connectivity index (χ0) is 20.5. The Labute approximate surface area is 173 Å². The normalized spacial score (nSPS) is 16.8. The molecule has 1 aliphatic rings. The number of nitrogens with one attached hydrogen (secondary N) is 1. The van der Waals surface area contributed by atoms with Gasteiger partial charge < -0.3 is 10.2 Å². The first-order chi connectivity index (χ1) is 14.0. The second-order valence-corrected chi connectivity index (χ2v) is 8.61. The van der Waals surface area contributed by atoms with E-state index in [9.17, 15) is 18.4 Å². The first-order valence-corrected chi connectivity index (χ1v) is 10.9. The van der Waals surface area contributed by atoms with E-state index in [0.717, 1.165) is 27.2 Å². The predicted octanol–water partition coefficient (Wildman–Crippen LogP) is 3.16. The average molecular weight is 440 g/mol. The van der Waals surface area contributed by atoms with Crippen LogP contribution in [0.15, 0.2) is 22.3 Å². The summed E-state index contributed by atoms with van der Waals surface area (Å²) in [7, 11) is 0. The van der Waals surface area contributed by atoms with Crippen molar-refractivity contribution in [1.82, 2.24) is 19.9 Å². The van der Waals surface area contributed by atoms with Gasteiger partial charge in [0.15, 0.2) is 21.3 Å². The third kappa shape index (κ3) is 3.76. The predicted molar refractivity (Wildman–Crippen MR) is 109 cm³/mol. The van der Waals surface area contributed by atoms with E-state index in [2.05, 4.69) is 15.3 Å². The van der Waals surface area contributed by atoms with Gasteiger partial charge in [-0.25, -0.2) is 18.7 Å². The zero-order valence-corrected chi connectivity index (χ0v) is 17.2. The molecule has 1 aliphatic heterocycles. The van der Waals surface area contributed by atoms with E-state index in [0.29, 0.717) is 24.6 Å². The van der Waals surface area contributed by atoms with Crippen molar-refractivity contribution in [2.45, 2.75) is 45.3 Å². The quantitative estimate of drug-likeness (QED) is 0.638. The number of nitrogens with zero attached hydrogens (tertiary/aromatic N) is 4. The van der Waals surface area contributed by atoms with Gasteiger partial charge in [0.2, 0.25) is 5.91 Å². The first-order valence-electron chi connectivity index (χ1n) is 9.25. The van der Waals surface area contributed by atoms with Crippen LogP contribution in [0.1, 0.15) is 36.9 Å². The maximum Gasteiger partial charge on any atom is 0.295 e. The van der Waals surface area contributed by atoms with Crippen molar-refractivity contribution >= 4 is 44.1 Å². The van der Waals surface area contributed by atoms with E-state index in [1.54, 1.807) is 18.3 Å². The molecule has 1 amide bonds. The van der Waals surface area contributed by atoms with E-state index in [1.165, 1.54) is 0 Å². The number of amides is 1. The number of hydrogen-bond acceptors (Lipinski definition) is 7. The van der Waals surface area contributed by atoms with Gasteiger partial charge in [-0.05, 0) is 31.2 Å². The second kappa shape index (κ2) is 8.15. The average Bonchev–Trinajstić information content (AvgIpc) is 3.45. The lowest BCUT2D eigenvalue weighted by molar-refractivity contribution is -0.122. The van der Waals surface area contributed by atoms with Crippen molar-refractivity contribution in [1.29, 1.82) is 0 Å². The van der Waals surface area contributed by atoms with Crippen molar-refractivity contribution in [3.63, 3.8) is 0 Å². The first kappa shape index (κ1) is 19.9. The zero-order valence-electron chi connectivity index (χ0n) is 15.6. The van der Waals surface area contributed by atoms with Crippen molar-refractivity contribution in [3.05, 3.63) is 38.6 Å². The van der Waals surface area contributed by atoms with Gasteiger partial charge in [-0.3, -0.25) is 14.2 Å². The van der Waals surface area contributed by atoms with Gasteiger partial charge in [0.05, 0.1) is 6.54 Å². The summed E-state index contributed by atoms with van der Waals surface area (Å²) in [6.45, 7) is 2.77. The Morgan fingerprint density at radius 1 is 1.41 bits per heavy atom. The summed E-state index contributed by atoms with van der Waals surface area (Å²) < 4.78 is 27.5. The highest BCUT2D eigenvalue weighted by atomic mass is 32.1. The summed E-state index contributed by atoms with van der Waals surface area (Å²) in [6.07, 6.45) is -1.37. The van der Waals surface area contributed by atoms with E-state index < -0.39 is 23.9 Å². The van der Waals surface area contributed by atoms with Gasteiger partial charge >= 0.3 is 0 Å². The molecule has 1 atom stereocenters. The molecule has 1 fully saturated rings. The summed E-state index contributed by atoms with van der Waals surface area (Å²) in [4.78, 5) is 36.7. The van der Waals surface area contributed by atoms with E-state index in [4.69, 9.17) is 0 Å². The SMILES string of the molecule is CCn1c(C(F)F)nc2sc(N3CCCC3C(=O)NCc3cccs3)nc2c1=O. The van der Waals surface area contributed by atoms with Crippen LogP contribution in [0.5, 0.6) is 0 Å². The molecule has 1 saturated heterocycles. The highest BCUT2D eigenvalue weighted by Gasteiger charge is 2.33. The molecule has 0 aromatic carbocycles. The van der Waals surface area contributed by atoms with Gasteiger partial charge in [-0.1, -0.05) is 17.4 Å². The number of aromatic nitrogens is 3. The number of rotatable bonds is 6. The lowest BCUT2D eigenvalue weighted by Gasteiger charge is -2.22. The third-order valence-electron chi connectivity index (χ3n) is 4.87. The van der Waals surface area contributed by atoms with Gasteiger partial charge in [-0.2, -0.15) is 0 Å². The maximum absolute atomic E-state index is 13.3. The summed E-state index contributed by atoms with van der Waals surface area (Å²) in [6, 6.07) is 3.48. The molecule has 0 radical (unpaired) electrons. The van der Waals surface area contributed by atoms with Crippen molar-refractivity contribution in [2.24, 2.45) is 0 Å². The Morgan fingerprint density at radius 3 is 2.93 bits per heavy atom. The summed E-state index contributed by atoms with van der Waals surface area (Å²) in [5.74, 6) is -0.658. The summed E-state index contributed by atoms with van der Waals surface area (Å²) in [5.41, 5.74) is -0.505. The Morgan fingerprint density at radius 2 is 2.24 bits per heavy atom. The Balaban J connectivity index is 1.62. The summed E-state index contributed by atoms with van der Waals surface area (Å²) >= 11 is 2.65. The van der Waals surface area contributed by atoms with Gasteiger partial charge in [0.1, 0.15) is 6.04 Å². The van der Waals surface area contributed by atoms with Crippen LogP contribution in [0.2, 0.25) is 0 Å². The number of thiophene rings is 1.